The van der Waals surface area contributed by atoms with Crippen LogP contribution in [0, 0.1) is 23.6 Å². The molecule has 0 aromatic heterocycles. The van der Waals surface area contributed by atoms with Gasteiger partial charge in [0.25, 0.3) is 0 Å². The first-order valence-corrected chi connectivity index (χ1v) is 24.0. The Morgan fingerprint density at radius 2 is 1.62 bits per heavy atom. The Morgan fingerprint density at radius 1 is 0.938 bits per heavy atom. The van der Waals surface area contributed by atoms with Gasteiger partial charge in [0.2, 0.25) is 5.79 Å². The van der Waals surface area contributed by atoms with E-state index in [2.05, 4.69) is 24.9 Å². The first-order chi connectivity index (χ1) is 31.2. The molecule has 3 aliphatic rings. The fraction of sp³-hybridized carbons (Fsp3) is 0.627. The maximum Gasteiger partial charge on any atom is 0.412 e. The number of rotatable bonds is 28. The third-order valence-corrected chi connectivity index (χ3v) is 13.0. The van der Waals surface area contributed by atoms with Gasteiger partial charge >= 0.3 is 12.2 Å². The van der Waals surface area contributed by atoms with Crippen molar-refractivity contribution in [1.29, 1.82) is 0 Å². The molecule has 1 saturated carbocycles. The summed E-state index contributed by atoms with van der Waals surface area (Å²) in [6.07, 6.45) is 19.3. The van der Waals surface area contributed by atoms with Crippen LogP contribution in [0.1, 0.15) is 140 Å². The molecule has 0 unspecified atom stereocenters. The molecule has 2 amide bonds. The summed E-state index contributed by atoms with van der Waals surface area (Å²) < 4.78 is 39.8. The van der Waals surface area contributed by atoms with Crippen molar-refractivity contribution in [1.82, 2.24) is 10.2 Å². The Bertz CT molecular complexity index is 1820. The van der Waals surface area contributed by atoms with Gasteiger partial charge in [-0.25, -0.2) is 14.0 Å². The van der Waals surface area contributed by atoms with Gasteiger partial charge in [0, 0.05) is 44.2 Å². The number of oxime groups is 1. The number of unbranched alkanes of at least 4 members (excludes halogenated alkanes) is 11. The number of aliphatic hydroxyl groups excluding tert-OH is 2. The number of halogens is 1. The molecule has 64 heavy (non-hydrogen) atoms. The van der Waals surface area contributed by atoms with E-state index in [9.17, 15) is 24.2 Å². The number of aliphatic hydroxyl groups is 2. The molecule has 2 aromatic rings. The molecule has 354 valence electrons. The van der Waals surface area contributed by atoms with Crippen LogP contribution in [-0.4, -0.2) is 84.9 Å². The van der Waals surface area contributed by atoms with Gasteiger partial charge < -0.3 is 39.3 Å². The number of hydrogen-bond donors (Lipinski definition) is 3. The molecule has 5 rings (SSSR count). The maximum absolute atomic E-state index is 14.1. The molecule has 12 nitrogen and oxygen atoms in total. The lowest BCUT2D eigenvalue weighted by Crippen LogP contribution is -2.70. The summed E-state index contributed by atoms with van der Waals surface area (Å²) in [5, 5.41) is 27.4. The molecular weight excluding hydrogens is 818 g/mol. The summed E-state index contributed by atoms with van der Waals surface area (Å²) in [4.78, 5) is 34.7. The van der Waals surface area contributed by atoms with Crippen LogP contribution < -0.4 is 14.8 Å². The maximum atomic E-state index is 14.1. The van der Waals surface area contributed by atoms with Crippen LogP contribution in [-0.2, 0) is 20.9 Å². The van der Waals surface area contributed by atoms with Crippen molar-refractivity contribution >= 4 is 17.9 Å². The first-order valence-electron chi connectivity index (χ1n) is 24.0. The van der Waals surface area contributed by atoms with Gasteiger partial charge in [0.05, 0.1) is 25.3 Å². The minimum absolute atomic E-state index is 0.0236. The van der Waals surface area contributed by atoms with E-state index in [1.807, 2.05) is 19.1 Å². The van der Waals surface area contributed by atoms with E-state index in [4.69, 9.17) is 28.9 Å². The Hall–Kier alpha value is -4.46. The number of amides is 2. The largest absolute Gasteiger partial charge is 0.459 e. The third-order valence-electron chi connectivity index (χ3n) is 13.0. The van der Waals surface area contributed by atoms with Crippen molar-refractivity contribution in [2.75, 3.05) is 40.1 Å². The fourth-order valence-electron chi connectivity index (χ4n) is 10.0. The Morgan fingerprint density at radius 3 is 2.28 bits per heavy atom. The van der Waals surface area contributed by atoms with Crippen LogP contribution in [0.5, 0.6) is 11.5 Å². The molecule has 2 aliphatic carbocycles. The van der Waals surface area contributed by atoms with Crippen LogP contribution in [0.3, 0.4) is 0 Å². The number of carbonyl (C=O) groups is 2. The minimum Gasteiger partial charge on any atom is -0.459 e. The van der Waals surface area contributed by atoms with E-state index in [0.29, 0.717) is 48.8 Å². The molecule has 1 fully saturated rings. The zero-order valence-electron chi connectivity index (χ0n) is 38.6. The second-order valence-electron chi connectivity index (χ2n) is 17.4. The van der Waals surface area contributed by atoms with Gasteiger partial charge in [-0.15, -0.1) is 6.58 Å². The molecule has 0 spiro atoms. The second kappa shape index (κ2) is 26.5. The van der Waals surface area contributed by atoms with Crippen molar-refractivity contribution in [2.24, 2.45) is 22.9 Å². The number of fused-ring (bicyclic) bond motifs is 2. The lowest BCUT2D eigenvalue weighted by Gasteiger charge is -2.59. The topological polar surface area (TPSA) is 148 Å². The van der Waals surface area contributed by atoms with Crippen LogP contribution in [0.15, 0.2) is 71.9 Å². The average molecular weight is 892 g/mol. The fourth-order valence-corrected chi connectivity index (χ4v) is 10.0. The number of methoxy groups -OCH3 is 1. The van der Waals surface area contributed by atoms with Gasteiger partial charge in [-0.2, -0.15) is 0 Å². The summed E-state index contributed by atoms with van der Waals surface area (Å²) in [5.41, 5.74) is 3.02. The van der Waals surface area contributed by atoms with Crippen LogP contribution in [0.4, 0.5) is 14.0 Å². The molecular formula is C51H74FN3O9. The van der Waals surface area contributed by atoms with Crippen molar-refractivity contribution in [3.63, 3.8) is 0 Å². The van der Waals surface area contributed by atoms with Gasteiger partial charge in [0.15, 0.2) is 0 Å². The predicted molar refractivity (Wildman–Crippen MR) is 247 cm³/mol. The number of hydrogen-bond acceptors (Lipinski definition) is 10. The predicted octanol–water partition coefficient (Wildman–Crippen LogP) is 10.8. The number of nitrogens with one attached hydrogen (secondary N) is 1. The smallest absolute Gasteiger partial charge is 0.412 e. The SMILES string of the molecule is C=CCO[C@@]12Oc3ccc(OC(=O)NCCCCCCCCCCCC)cc3[C@H]3[C@H](CCCCO)[C@@H](CCCCO)C=C(C(=NOCC)C[C@@H]1N(Cc1ccc(F)cc1)C(=O)OC)[C@H]32. The highest BCUT2D eigenvalue weighted by atomic mass is 19.1. The second-order valence-corrected chi connectivity index (χ2v) is 17.4. The lowest BCUT2D eigenvalue weighted by molar-refractivity contribution is -0.256. The zero-order valence-corrected chi connectivity index (χ0v) is 38.6. The van der Waals surface area contributed by atoms with Gasteiger partial charge in [-0.05, 0) is 92.3 Å². The van der Waals surface area contributed by atoms with E-state index in [1.165, 1.54) is 64.2 Å². The van der Waals surface area contributed by atoms with E-state index in [-0.39, 0.29) is 50.5 Å². The molecule has 0 radical (unpaired) electrons. The molecule has 0 saturated heterocycles. The molecule has 0 bridgehead atoms. The zero-order chi connectivity index (χ0) is 45.7. The van der Waals surface area contributed by atoms with Crippen molar-refractivity contribution in [2.45, 2.75) is 147 Å². The number of benzene rings is 2. The Labute approximate surface area is 380 Å². The molecule has 1 heterocycles. The molecule has 2 aromatic carbocycles. The standard InChI is InChI=1S/C51H74FN3O9/c1-5-8-9-10-11-12-13-14-15-18-29-53-49(58)63-40-27-28-45-43(34-40)47-41(22-17-20-31-57)38(21-16-19-30-56)33-42-44(54-62-7-3)35-46(51(64-45,48(42)47)61-32-6-2)55(50(59)60-4)36-37-23-25-39(52)26-24-37/h6,23-28,33-34,38,41,46-48,56-57H,2,5,7-22,29-32,35-36H2,1,3-4H3,(H,53,58)/t38-,41+,46-,47+,48+,51+/m0/s1. The van der Waals surface area contributed by atoms with Crippen LogP contribution in [0.25, 0.3) is 0 Å². The summed E-state index contributed by atoms with van der Waals surface area (Å²) in [7, 11) is 1.32. The van der Waals surface area contributed by atoms with Crippen molar-refractivity contribution < 1.29 is 48.0 Å². The highest BCUT2D eigenvalue weighted by molar-refractivity contribution is 6.03. The summed E-state index contributed by atoms with van der Waals surface area (Å²) in [5.74, 6) is -1.90. The molecule has 13 heteroatoms. The van der Waals surface area contributed by atoms with E-state index >= 15 is 0 Å². The van der Waals surface area contributed by atoms with Crippen LogP contribution in [0.2, 0.25) is 0 Å². The number of allylic oxidation sites excluding steroid dienone is 1. The van der Waals surface area contributed by atoms with Crippen molar-refractivity contribution in [3.8, 4) is 11.5 Å². The highest BCUT2D eigenvalue weighted by Gasteiger charge is 2.65. The van der Waals surface area contributed by atoms with Gasteiger partial charge in [-0.3, -0.25) is 4.90 Å². The Kier molecular flexibility index (Phi) is 20.9. The molecule has 3 N–H and O–H groups in total. The van der Waals surface area contributed by atoms with E-state index in [0.717, 1.165) is 56.1 Å². The number of carbonyl (C=O) groups excluding carboxylic acids is 2. The average Bonchev–Trinajstić information content (AvgIpc) is 3.30. The van der Waals surface area contributed by atoms with Crippen LogP contribution >= 0.6 is 0 Å². The normalized spacial score (nSPS) is 22.7. The number of ether oxygens (including phenoxy) is 4. The first kappa shape index (κ1) is 50.5. The summed E-state index contributed by atoms with van der Waals surface area (Å²) >= 11 is 0. The molecule has 6 atom stereocenters. The van der Waals surface area contributed by atoms with E-state index < -0.39 is 35.8 Å². The summed E-state index contributed by atoms with van der Waals surface area (Å²) in [6, 6.07) is 10.6. The third kappa shape index (κ3) is 13.3. The van der Waals surface area contributed by atoms with E-state index in [1.54, 1.807) is 29.2 Å². The Balaban J connectivity index is 1.55. The van der Waals surface area contributed by atoms with Crippen molar-refractivity contribution in [3.05, 3.63) is 83.7 Å². The number of nitrogens with zero attached hydrogens (tertiary/aromatic N) is 2. The monoisotopic (exact) mass is 892 g/mol. The quantitative estimate of drug-likeness (QED) is 0.0431. The summed E-state index contributed by atoms with van der Waals surface area (Å²) in [6.45, 7) is 9.19. The lowest BCUT2D eigenvalue weighted by atomic mass is 9.55. The highest BCUT2D eigenvalue weighted by Crippen LogP contribution is 2.62. The molecule has 1 aliphatic heterocycles. The minimum atomic E-state index is -1.52. The van der Waals surface area contributed by atoms with Gasteiger partial charge in [-0.1, -0.05) is 107 Å². The van der Waals surface area contributed by atoms with Gasteiger partial charge in [0.1, 0.15) is 30.0 Å².